The number of nitrogens with zero attached hydrogens (tertiary/aromatic N) is 3. The number of benzene rings is 2. The van der Waals surface area contributed by atoms with E-state index < -0.39 is 11.7 Å². The van der Waals surface area contributed by atoms with Crippen LogP contribution >= 0.6 is 0 Å². The summed E-state index contributed by atoms with van der Waals surface area (Å²) in [6, 6.07) is 14.2. The Labute approximate surface area is 130 Å². The summed E-state index contributed by atoms with van der Waals surface area (Å²) in [6.07, 6.45) is 0. The largest absolute Gasteiger partial charge is 0.412 e. The van der Waals surface area contributed by atoms with Gasteiger partial charge in [-0.1, -0.05) is 18.2 Å². The van der Waals surface area contributed by atoms with Gasteiger partial charge in [-0.05, 0) is 30.3 Å². The lowest BCUT2D eigenvalue weighted by atomic mass is 10.2. The number of nitriles is 1. The van der Waals surface area contributed by atoms with Crippen molar-refractivity contribution in [1.29, 1.82) is 5.26 Å². The van der Waals surface area contributed by atoms with Crippen molar-refractivity contribution < 1.29 is 13.6 Å². The number of hydrogen-bond acceptors (Lipinski definition) is 5. The Morgan fingerprint density at radius 3 is 2.78 bits per heavy atom. The van der Waals surface area contributed by atoms with E-state index in [9.17, 15) is 9.18 Å². The first-order chi connectivity index (χ1) is 11.2. The molecule has 0 bridgehead atoms. The maximum atomic E-state index is 13.7. The summed E-state index contributed by atoms with van der Waals surface area (Å²) in [7, 11) is 0. The van der Waals surface area contributed by atoms with Gasteiger partial charge in [-0.3, -0.25) is 4.79 Å². The summed E-state index contributed by atoms with van der Waals surface area (Å²) in [6.45, 7) is 0. The second-order valence-electron chi connectivity index (χ2n) is 4.54. The Hall–Kier alpha value is -3.53. The number of carbonyl (C=O) groups is 1. The van der Waals surface area contributed by atoms with Gasteiger partial charge in [-0.15, -0.1) is 10.2 Å². The van der Waals surface area contributed by atoms with Gasteiger partial charge in [0.2, 0.25) is 0 Å². The van der Waals surface area contributed by atoms with Crippen molar-refractivity contribution in [1.82, 2.24) is 10.2 Å². The topological polar surface area (TPSA) is 91.8 Å². The van der Waals surface area contributed by atoms with Crippen molar-refractivity contribution in [3.05, 3.63) is 65.8 Å². The van der Waals surface area contributed by atoms with E-state index in [2.05, 4.69) is 15.5 Å². The van der Waals surface area contributed by atoms with Gasteiger partial charge in [-0.2, -0.15) is 5.26 Å². The second kappa shape index (κ2) is 6.07. The summed E-state index contributed by atoms with van der Waals surface area (Å²) in [5.41, 5.74) is 0.936. The number of rotatable bonds is 3. The van der Waals surface area contributed by atoms with E-state index in [4.69, 9.17) is 9.68 Å². The summed E-state index contributed by atoms with van der Waals surface area (Å²) in [4.78, 5) is 12.1. The molecule has 112 valence electrons. The average molecular weight is 308 g/mol. The number of aromatic nitrogens is 2. The molecule has 0 aliphatic heterocycles. The first-order valence-electron chi connectivity index (χ1n) is 6.57. The fourth-order valence-electron chi connectivity index (χ4n) is 1.91. The van der Waals surface area contributed by atoms with Crippen LogP contribution in [0.3, 0.4) is 0 Å². The van der Waals surface area contributed by atoms with Crippen LogP contribution in [-0.2, 0) is 0 Å². The van der Waals surface area contributed by atoms with Crippen molar-refractivity contribution in [2.24, 2.45) is 0 Å². The number of hydrogen-bond donors (Lipinski definition) is 1. The number of halogens is 1. The number of nitrogens with one attached hydrogen (secondary N) is 1. The van der Waals surface area contributed by atoms with Gasteiger partial charge in [-0.25, -0.2) is 4.39 Å². The third-order valence-electron chi connectivity index (χ3n) is 2.97. The van der Waals surface area contributed by atoms with Crippen LogP contribution in [0.2, 0.25) is 0 Å². The van der Waals surface area contributed by atoms with Crippen molar-refractivity contribution in [3.63, 3.8) is 0 Å². The minimum atomic E-state index is -0.643. The molecule has 0 atom stereocenters. The zero-order valence-corrected chi connectivity index (χ0v) is 11.7. The Bertz CT molecular complexity index is 914. The molecule has 1 aromatic heterocycles. The normalized spacial score (nSPS) is 10.1. The van der Waals surface area contributed by atoms with Crippen LogP contribution < -0.4 is 5.32 Å². The molecule has 0 saturated carbocycles. The van der Waals surface area contributed by atoms with Crippen LogP contribution in [-0.4, -0.2) is 16.1 Å². The molecule has 1 heterocycles. The maximum Gasteiger partial charge on any atom is 0.313 e. The van der Waals surface area contributed by atoms with Gasteiger partial charge in [0.1, 0.15) is 5.82 Å². The zero-order valence-electron chi connectivity index (χ0n) is 11.7. The molecule has 6 nitrogen and oxygen atoms in total. The Kier molecular flexibility index (Phi) is 3.80. The van der Waals surface area contributed by atoms with Gasteiger partial charge in [0.25, 0.3) is 5.89 Å². The Morgan fingerprint density at radius 1 is 1.17 bits per heavy atom. The molecular weight excluding hydrogens is 299 g/mol. The lowest BCUT2D eigenvalue weighted by molar-refractivity contribution is 0.0991. The molecule has 2 aromatic carbocycles. The van der Waals surface area contributed by atoms with Crippen molar-refractivity contribution >= 4 is 11.6 Å². The molecule has 1 N–H and O–H groups in total. The van der Waals surface area contributed by atoms with Crippen LogP contribution in [0.5, 0.6) is 0 Å². The van der Waals surface area contributed by atoms with Crippen LogP contribution in [0.15, 0.2) is 52.9 Å². The van der Waals surface area contributed by atoms with E-state index >= 15 is 0 Å². The predicted molar refractivity (Wildman–Crippen MR) is 78.8 cm³/mol. The number of anilines is 1. The van der Waals surface area contributed by atoms with Crippen LogP contribution in [0.4, 0.5) is 10.1 Å². The average Bonchev–Trinajstić information content (AvgIpc) is 3.05. The van der Waals surface area contributed by atoms with Crippen molar-refractivity contribution in [2.45, 2.75) is 0 Å². The molecule has 1 amide bonds. The standard InChI is InChI=1S/C16H9FN4O2/c17-13-7-2-1-6-12(13)15-20-21-16(23-15)14(22)19-11-5-3-4-10(8-11)9-18/h1-8H,(H,19,22). The predicted octanol–water partition coefficient (Wildman–Crippen LogP) is 3.00. The van der Waals surface area contributed by atoms with Crippen molar-refractivity contribution in [3.8, 4) is 17.5 Å². The lowest BCUT2D eigenvalue weighted by Crippen LogP contribution is -2.12. The van der Waals surface area contributed by atoms with Gasteiger partial charge < -0.3 is 9.73 Å². The molecule has 0 spiro atoms. The molecule has 7 heteroatoms. The van der Waals surface area contributed by atoms with Gasteiger partial charge >= 0.3 is 11.8 Å². The summed E-state index contributed by atoms with van der Waals surface area (Å²) in [5, 5.41) is 18.6. The van der Waals surface area contributed by atoms with E-state index in [-0.39, 0.29) is 17.3 Å². The minimum absolute atomic E-state index is 0.0842. The molecule has 0 unspecified atom stereocenters. The Morgan fingerprint density at radius 2 is 2.00 bits per heavy atom. The fraction of sp³-hybridized carbons (Fsp3) is 0. The molecule has 0 aliphatic carbocycles. The number of amides is 1. The molecule has 0 radical (unpaired) electrons. The summed E-state index contributed by atoms with van der Waals surface area (Å²) >= 11 is 0. The molecule has 0 aliphatic rings. The van der Waals surface area contributed by atoms with E-state index in [1.54, 1.807) is 24.3 Å². The molecular formula is C16H9FN4O2. The SMILES string of the molecule is N#Cc1cccc(NC(=O)c2nnc(-c3ccccc3F)o2)c1. The van der Waals surface area contributed by atoms with E-state index in [1.165, 1.54) is 24.3 Å². The highest BCUT2D eigenvalue weighted by Gasteiger charge is 2.18. The van der Waals surface area contributed by atoms with E-state index in [1.807, 2.05) is 6.07 Å². The first kappa shape index (κ1) is 14.4. The zero-order chi connectivity index (χ0) is 16.2. The molecule has 3 rings (SSSR count). The van der Waals surface area contributed by atoms with Gasteiger partial charge in [0.15, 0.2) is 0 Å². The number of carbonyl (C=O) groups excluding carboxylic acids is 1. The molecule has 23 heavy (non-hydrogen) atoms. The van der Waals surface area contributed by atoms with E-state index in [0.29, 0.717) is 11.3 Å². The minimum Gasteiger partial charge on any atom is -0.412 e. The highest BCUT2D eigenvalue weighted by Crippen LogP contribution is 2.21. The summed E-state index contributed by atoms with van der Waals surface area (Å²) in [5.74, 6) is -1.55. The van der Waals surface area contributed by atoms with Crippen LogP contribution in [0.25, 0.3) is 11.5 Å². The van der Waals surface area contributed by atoms with E-state index in [0.717, 1.165) is 0 Å². The molecule has 0 fully saturated rings. The van der Waals surface area contributed by atoms with Crippen molar-refractivity contribution in [2.75, 3.05) is 5.32 Å². The maximum absolute atomic E-state index is 13.7. The monoisotopic (exact) mass is 308 g/mol. The first-order valence-corrected chi connectivity index (χ1v) is 6.57. The smallest absolute Gasteiger partial charge is 0.313 e. The third-order valence-corrected chi connectivity index (χ3v) is 2.97. The third kappa shape index (κ3) is 3.06. The van der Waals surface area contributed by atoms with Gasteiger partial charge in [0.05, 0.1) is 17.2 Å². The fourth-order valence-corrected chi connectivity index (χ4v) is 1.91. The van der Waals surface area contributed by atoms with Gasteiger partial charge in [0, 0.05) is 5.69 Å². The van der Waals surface area contributed by atoms with Crippen LogP contribution in [0, 0.1) is 17.1 Å². The highest BCUT2D eigenvalue weighted by atomic mass is 19.1. The summed E-state index contributed by atoms with van der Waals surface area (Å²) < 4.78 is 18.9. The quantitative estimate of drug-likeness (QED) is 0.803. The highest BCUT2D eigenvalue weighted by molar-refractivity contribution is 6.01. The molecule has 3 aromatic rings. The second-order valence-corrected chi connectivity index (χ2v) is 4.54. The Balaban J connectivity index is 1.81. The molecule has 0 saturated heterocycles. The van der Waals surface area contributed by atoms with Crippen LogP contribution in [0.1, 0.15) is 16.2 Å². The lowest BCUT2D eigenvalue weighted by Gasteiger charge is -2.01.